The van der Waals surface area contributed by atoms with Crippen LogP contribution in [-0.2, 0) is 9.59 Å². The van der Waals surface area contributed by atoms with Crippen molar-refractivity contribution < 1.29 is 14.4 Å². The van der Waals surface area contributed by atoms with Crippen LogP contribution in [0.15, 0.2) is 36.5 Å². The summed E-state index contributed by atoms with van der Waals surface area (Å²) in [4.78, 5) is 39.9. The number of benzene rings is 1. The fourth-order valence-electron chi connectivity index (χ4n) is 2.15. The highest BCUT2D eigenvalue weighted by Gasteiger charge is 2.30. The molecule has 1 aromatic heterocycles. The zero-order valence-corrected chi connectivity index (χ0v) is 11.0. The molecular formula is C14H12N4O3. The van der Waals surface area contributed by atoms with Crippen LogP contribution in [0.4, 0.5) is 10.5 Å². The highest BCUT2D eigenvalue weighted by atomic mass is 16.2. The second-order valence-electron chi connectivity index (χ2n) is 4.57. The maximum absolute atomic E-state index is 12.0. The second-order valence-corrected chi connectivity index (χ2v) is 4.57. The number of nitrogens with one attached hydrogen (secondary N) is 2. The number of pyridine rings is 1. The maximum Gasteiger partial charge on any atom is 0.325 e. The highest BCUT2D eigenvalue weighted by molar-refractivity contribution is 6.07. The lowest BCUT2D eigenvalue weighted by molar-refractivity contribution is -0.128. The average Bonchev–Trinajstić information content (AvgIpc) is 2.79. The van der Waals surface area contributed by atoms with E-state index in [4.69, 9.17) is 0 Å². The highest BCUT2D eigenvalue weighted by Crippen LogP contribution is 2.20. The number of fused-ring (bicyclic) bond motifs is 1. The Balaban J connectivity index is 1.78. The Morgan fingerprint density at radius 3 is 2.86 bits per heavy atom. The predicted octanol–water partition coefficient (Wildman–Crippen LogP) is 0.725. The molecule has 2 heterocycles. The number of aromatic nitrogens is 1. The van der Waals surface area contributed by atoms with E-state index in [1.807, 2.05) is 12.1 Å². The first-order valence-corrected chi connectivity index (χ1v) is 6.37. The van der Waals surface area contributed by atoms with Gasteiger partial charge in [-0.05, 0) is 12.1 Å². The minimum Gasteiger partial charge on any atom is -0.329 e. The van der Waals surface area contributed by atoms with Crippen molar-refractivity contribution in [2.45, 2.75) is 0 Å². The molecule has 1 saturated heterocycles. The van der Waals surface area contributed by atoms with E-state index in [1.165, 1.54) is 0 Å². The van der Waals surface area contributed by atoms with Gasteiger partial charge in [0.2, 0.25) is 5.91 Å². The maximum atomic E-state index is 12.0. The van der Waals surface area contributed by atoms with Crippen molar-refractivity contribution in [3.8, 4) is 0 Å². The monoisotopic (exact) mass is 284 g/mol. The molecule has 2 N–H and O–H groups in total. The van der Waals surface area contributed by atoms with Crippen molar-refractivity contribution in [2.24, 2.45) is 0 Å². The zero-order chi connectivity index (χ0) is 14.8. The van der Waals surface area contributed by atoms with Crippen molar-refractivity contribution in [1.29, 1.82) is 0 Å². The van der Waals surface area contributed by atoms with Crippen LogP contribution in [0.2, 0.25) is 0 Å². The van der Waals surface area contributed by atoms with Crippen LogP contribution in [0.3, 0.4) is 0 Å². The van der Waals surface area contributed by atoms with E-state index in [9.17, 15) is 14.4 Å². The Labute approximate surface area is 119 Å². The number of rotatable bonds is 3. The first-order chi connectivity index (χ1) is 10.1. The Bertz CT molecular complexity index is 723. The summed E-state index contributed by atoms with van der Waals surface area (Å²) < 4.78 is 0. The molecule has 21 heavy (non-hydrogen) atoms. The largest absolute Gasteiger partial charge is 0.329 e. The third-order valence-corrected chi connectivity index (χ3v) is 3.15. The molecule has 0 atom stereocenters. The number of anilines is 1. The fraction of sp³-hybridized carbons (Fsp3) is 0.143. The number of carbonyl (C=O) groups is 3. The molecule has 3 rings (SSSR count). The van der Waals surface area contributed by atoms with Crippen LogP contribution in [-0.4, -0.2) is 40.8 Å². The SMILES string of the molecule is O=C(CN1C(=O)CNC1=O)Nc1cccc2cccnc12. The van der Waals surface area contributed by atoms with Gasteiger partial charge in [-0.25, -0.2) is 4.79 Å². The molecule has 1 aliphatic heterocycles. The van der Waals surface area contributed by atoms with Gasteiger partial charge in [-0.2, -0.15) is 0 Å². The fourth-order valence-corrected chi connectivity index (χ4v) is 2.15. The van der Waals surface area contributed by atoms with Gasteiger partial charge in [0.25, 0.3) is 5.91 Å². The molecule has 0 spiro atoms. The quantitative estimate of drug-likeness (QED) is 0.813. The van der Waals surface area contributed by atoms with Gasteiger partial charge in [-0.1, -0.05) is 18.2 Å². The summed E-state index contributed by atoms with van der Waals surface area (Å²) in [7, 11) is 0. The summed E-state index contributed by atoms with van der Waals surface area (Å²) in [5.74, 6) is -0.857. The molecule has 2 aromatic rings. The van der Waals surface area contributed by atoms with E-state index in [-0.39, 0.29) is 13.1 Å². The Hall–Kier alpha value is -2.96. The predicted molar refractivity (Wildman–Crippen MR) is 75.5 cm³/mol. The summed E-state index contributed by atoms with van der Waals surface area (Å²) in [6.45, 7) is -0.379. The molecule has 1 aliphatic rings. The second kappa shape index (κ2) is 5.20. The topological polar surface area (TPSA) is 91.4 Å². The smallest absolute Gasteiger partial charge is 0.325 e. The number of imide groups is 1. The van der Waals surface area contributed by atoms with Gasteiger partial charge in [0.15, 0.2) is 0 Å². The molecule has 7 heteroatoms. The number of amides is 4. The third kappa shape index (κ3) is 2.53. The summed E-state index contributed by atoms with van der Waals surface area (Å²) in [6.07, 6.45) is 1.63. The van der Waals surface area contributed by atoms with Gasteiger partial charge < -0.3 is 10.6 Å². The Morgan fingerprint density at radius 2 is 2.10 bits per heavy atom. The normalized spacial score (nSPS) is 14.4. The van der Waals surface area contributed by atoms with E-state index in [0.717, 1.165) is 10.3 Å². The minimum absolute atomic E-state index is 0.0675. The van der Waals surface area contributed by atoms with Gasteiger partial charge in [0.1, 0.15) is 6.54 Å². The number of urea groups is 1. The molecule has 0 unspecified atom stereocenters. The number of nitrogens with zero attached hydrogens (tertiary/aromatic N) is 2. The number of hydrogen-bond donors (Lipinski definition) is 2. The van der Waals surface area contributed by atoms with Crippen LogP contribution < -0.4 is 10.6 Å². The molecule has 0 saturated carbocycles. The van der Waals surface area contributed by atoms with E-state index in [0.29, 0.717) is 11.2 Å². The van der Waals surface area contributed by atoms with Crippen LogP contribution in [0.1, 0.15) is 0 Å². The summed E-state index contributed by atoms with van der Waals surface area (Å²) in [5.41, 5.74) is 1.20. The molecule has 1 aromatic carbocycles. The molecule has 7 nitrogen and oxygen atoms in total. The van der Waals surface area contributed by atoms with Crippen LogP contribution in [0, 0.1) is 0 Å². The van der Waals surface area contributed by atoms with Crippen LogP contribution >= 0.6 is 0 Å². The van der Waals surface area contributed by atoms with Crippen molar-refractivity contribution in [2.75, 3.05) is 18.4 Å². The van der Waals surface area contributed by atoms with Crippen LogP contribution in [0.5, 0.6) is 0 Å². The van der Waals surface area contributed by atoms with Gasteiger partial charge in [0.05, 0.1) is 17.7 Å². The minimum atomic E-state index is -0.550. The molecule has 0 radical (unpaired) electrons. The van der Waals surface area contributed by atoms with E-state index >= 15 is 0 Å². The van der Waals surface area contributed by atoms with E-state index < -0.39 is 17.8 Å². The van der Waals surface area contributed by atoms with Crippen molar-refractivity contribution in [3.05, 3.63) is 36.5 Å². The van der Waals surface area contributed by atoms with E-state index in [2.05, 4.69) is 15.6 Å². The molecule has 0 bridgehead atoms. The first-order valence-electron chi connectivity index (χ1n) is 6.37. The standard InChI is InChI=1S/C14H12N4O3/c19-11(8-18-12(20)7-16-14(18)21)17-10-5-1-3-9-4-2-6-15-13(9)10/h1-6H,7-8H2,(H,16,21)(H,17,19). The third-order valence-electron chi connectivity index (χ3n) is 3.15. The van der Waals surface area contributed by atoms with E-state index in [1.54, 1.807) is 24.4 Å². The van der Waals surface area contributed by atoms with Crippen molar-refractivity contribution in [1.82, 2.24) is 15.2 Å². The lowest BCUT2D eigenvalue weighted by Gasteiger charge is -2.13. The van der Waals surface area contributed by atoms with Gasteiger partial charge >= 0.3 is 6.03 Å². The van der Waals surface area contributed by atoms with Gasteiger partial charge in [0, 0.05) is 11.6 Å². The van der Waals surface area contributed by atoms with Crippen LogP contribution in [0.25, 0.3) is 10.9 Å². The van der Waals surface area contributed by atoms with Gasteiger partial charge in [-0.3, -0.25) is 19.5 Å². The Morgan fingerprint density at radius 1 is 1.29 bits per heavy atom. The molecular weight excluding hydrogens is 272 g/mol. The van der Waals surface area contributed by atoms with Gasteiger partial charge in [-0.15, -0.1) is 0 Å². The summed E-state index contributed by atoms with van der Waals surface area (Å²) >= 11 is 0. The first kappa shape index (κ1) is 13.0. The average molecular weight is 284 g/mol. The summed E-state index contributed by atoms with van der Waals surface area (Å²) in [5, 5.41) is 5.93. The lowest BCUT2D eigenvalue weighted by atomic mass is 10.2. The zero-order valence-electron chi connectivity index (χ0n) is 11.0. The van der Waals surface area contributed by atoms with Crippen molar-refractivity contribution in [3.63, 3.8) is 0 Å². The molecule has 1 fully saturated rings. The number of carbonyl (C=O) groups excluding carboxylic acids is 3. The van der Waals surface area contributed by atoms with Crippen molar-refractivity contribution >= 4 is 34.4 Å². The Kier molecular flexibility index (Phi) is 3.23. The number of para-hydroxylation sites is 1. The summed E-state index contributed by atoms with van der Waals surface area (Å²) in [6, 6.07) is 8.55. The molecule has 4 amide bonds. The molecule has 106 valence electrons. The number of hydrogen-bond acceptors (Lipinski definition) is 4. The lowest BCUT2D eigenvalue weighted by Crippen LogP contribution is -2.38. The molecule has 0 aliphatic carbocycles.